The predicted molar refractivity (Wildman–Crippen MR) is 52.5 cm³/mol. The van der Waals surface area contributed by atoms with Crippen molar-refractivity contribution >= 4 is 11.8 Å². The summed E-state index contributed by atoms with van der Waals surface area (Å²) in [6.07, 6.45) is 1.87. The molecule has 1 saturated heterocycles. The molecule has 80 valence electrons. The van der Waals surface area contributed by atoms with E-state index in [1.54, 1.807) is 4.90 Å². The third-order valence-corrected chi connectivity index (χ3v) is 2.36. The smallest absolute Gasteiger partial charge is 0.236 e. The average molecular weight is 199 g/mol. The van der Waals surface area contributed by atoms with Crippen LogP contribution in [0.15, 0.2) is 0 Å². The van der Waals surface area contributed by atoms with Crippen LogP contribution in [-0.4, -0.2) is 42.4 Å². The zero-order valence-electron chi connectivity index (χ0n) is 8.45. The SMILES string of the molecule is CC(=O)N[C@H]1CCCN(C(=O)CN)C1. The van der Waals surface area contributed by atoms with Gasteiger partial charge in [0.2, 0.25) is 11.8 Å². The molecule has 14 heavy (non-hydrogen) atoms. The fourth-order valence-electron chi connectivity index (χ4n) is 1.74. The van der Waals surface area contributed by atoms with Crippen molar-refractivity contribution in [2.24, 2.45) is 5.73 Å². The van der Waals surface area contributed by atoms with Gasteiger partial charge in [-0.1, -0.05) is 0 Å². The second-order valence-corrected chi connectivity index (χ2v) is 3.58. The van der Waals surface area contributed by atoms with E-state index in [0.29, 0.717) is 6.54 Å². The molecule has 0 radical (unpaired) electrons. The van der Waals surface area contributed by atoms with Crippen LogP contribution < -0.4 is 11.1 Å². The lowest BCUT2D eigenvalue weighted by atomic mass is 10.1. The third-order valence-electron chi connectivity index (χ3n) is 2.36. The third kappa shape index (κ3) is 2.99. The number of rotatable bonds is 2. The summed E-state index contributed by atoms with van der Waals surface area (Å²) in [7, 11) is 0. The van der Waals surface area contributed by atoms with Gasteiger partial charge >= 0.3 is 0 Å². The van der Waals surface area contributed by atoms with Crippen LogP contribution in [0.4, 0.5) is 0 Å². The number of piperidine rings is 1. The molecule has 0 aromatic rings. The summed E-state index contributed by atoms with van der Waals surface area (Å²) in [6.45, 7) is 2.89. The van der Waals surface area contributed by atoms with E-state index >= 15 is 0 Å². The quantitative estimate of drug-likeness (QED) is 0.603. The second-order valence-electron chi connectivity index (χ2n) is 3.58. The van der Waals surface area contributed by atoms with Crippen molar-refractivity contribution in [3.05, 3.63) is 0 Å². The molecule has 0 aliphatic carbocycles. The van der Waals surface area contributed by atoms with Gasteiger partial charge in [-0.3, -0.25) is 9.59 Å². The van der Waals surface area contributed by atoms with Crippen molar-refractivity contribution < 1.29 is 9.59 Å². The van der Waals surface area contributed by atoms with E-state index in [1.165, 1.54) is 6.92 Å². The maximum absolute atomic E-state index is 11.3. The standard InChI is InChI=1S/C9H17N3O2/c1-7(13)11-8-3-2-4-12(6-8)9(14)5-10/h8H,2-6,10H2,1H3,(H,11,13)/t8-/m0/s1. The Morgan fingerprint density at radius 3 is 2.86 bits per heavy atom. The number of amides is 2. The fourth-order valence-corrected chi connectivity index (χ4v) is 1.74. The maximum Gasteiger partial charge on any atom is 0.236 e. The van der Waals surface area contributed by atoms with Crippen LogP contribution in [0.1, 0.15) is 19.8 Å². The van der Waals surface area contributed by atoms with Gasteiger partial charge in [-0.05, 0) is 12.8 Å². The molecule has 0 bridgehead atoms. The Balaban J connectivity index is 2.43. The molecule has 1 fully saturated rings. The van der Waals surface area contributed by atoms with Crippen LogP contribution in [0.5, 0.6) is 0 Å². The van der Waals surface area contributed by atoms with E-state index in [2.05, 4.69) is 5.32 Å². The highest BCUT2D eigenvalue weighted by molar-refractivity contribution is 5.78. The molecular formula is C9H17N3O2. The highest BCUT2D eigenvalue weighted by Crippen LogP contribution is 2.09. The second kappa shape index (κ2) is 4.95. The lowest BCUT2D eigenvalue weighted by Gasteiger charge is -2.32. The number of carbonyl (C=O) groups excluding carboxylic acids is 2. The van der Waals surface area contributed by atoms with Gasteiger partial charge in [-0.15, -0.1) is 0 Å². The zero-order chi connectivity index (χ0) is 10.6. The molecule has 0 aromatic heterocycles. The number of nitrogens with zero attached hydrogens (tertiary/aromatic N) is 1. The van der Waals surface area contributed by atoms with E-state index in [1.807, 2.05) is 0 Å². The molecule has 0 spiro atoms. The van der Waals surface area contributed by atoms with E-state index in [0.717, 1.165) is 19.4 Å². The van der Waals surface area contributed by atoms with Gasteiger partial charge in [0.25, 0.3) is 0 Å². The summed E-state index contributed by atoms with van der Waals surface area (Å²) in [5.74, 6) is -0.0860. The van der Waals surface area contributed by atoms with Gasteiger partial charge in [0, 0.05) is 26.1 Å². The molecule has 5 heteroatoms. The van der Waals surface area contributed by atoms with Gasteiger partial charge in [-0.2, -0.15) is 0 Å². The number of nitrogens with two attached hydrogens (primary N) is 1. The van der Waals surface area contributed by atoms with Gasteiger partial charge in [0.1, 0.15) is 0 Å². The monoisotopic (exact) mass is 199 g/mol. The number of carbonyl (C=O) groups is 2. The lowest BCUT2D eigenvalue weighted by molar-refractivity contribution is -0.132. The minimum absolute atomic E-state index is 0.0416. The van der Waals surface area contributed by atoms with Gasteiger partial charge in [0.05, 0.1) is 6.54 Å². The van der Waals surface area contributed by atoms with Crippen molar-refractivity contribution in [2.75, 3.05) is 19.6 Å². The van der Waals surface area contributed by atoms with Gasteiger partial charge < -0.3 is 16.0 Å². The van der Waals surface area contributed by atoms with E-state index in [-0.39, 0.29) is 24.4 Å². The van der Waals surface area contributed by atoms with Crippen molar-refractivity contribution in [2.45, 2.75) is 25.8 Å². The highest BCUT2D eigenvalue weighted by atomic mass is 16.2. The number of likely N-dealkylation sites (tertiary alicyclic amines) is 1. The topological polar surface area (TPSA) is 75.4 Å². The first kappa shape index (κ1) is 11.0. The molecule has 1 heterocycles. The molecular weight excluding hydrogens is 182 g/mol. The lowest BCUT2D eigenvalue weighted by Crippen LogP contribution is -2.50. The largest absolute Gasteiger partial charge is 0.352 e. The molecule has 0 unspecified atom stereocenters. The normalized spacial score (nSPS) is 21.9. The Bertz CT molecular complexity index is 230. The van der Waals surface area contributed by atoms with Gasteiger partial charge in [0.15, 0.2) is 0 Å². The van der Waals surface area contributed by atoms with Crippen LogP contribution in [0.3, 0.4) is 0 Å². The van der Waals surface area contributed by atoms with E-state index in [4.69, 9.17) is 5.73 Å². The summed E-state index contributed by atoms with van der Waals surface area (Å²) in [5, 5.41) is 2.82. The Kier molecular flexibility index (Phi) is 3.88. The Morgan fingerprint density at radius 1 is 1.57 bits per heavy atom. The number of hydrogen-bond acceptors (Lipinski definition) is 3. The molecule has 2 amide bonds. The molecule has 1 rings (SSSR count). The first-order valence-corrected chi connectivity index (χ1v) is 4.88. The zero-order valence-corrected chi connectivity index (χ0v) is 8.45. The van der Waals surface area contributed by atoms with Gasteiger partial charge in [-0.25, -0.2) is 0 Å². The minimum Gasteiger partial charge on any atom is -0.352 e. The van der Waals surface area contributed by atoms with Crippen LogP contribution in [0.25, 0.3) is 0 Å². The van der Waals surface area contributed by atoms with Crippen molar-refractivity contribution in [1.29, 1.82) is 0 Å². The summed E-state index contributed by atoms with van der Waals surface area (Å²) in [6, 6.07) is 0.0942. The summed E-state index contributed by atoms with van der Waals surface area (Å²) in [4.78, 5) is 23.8. The van der Waals surface area contributed by atoms with E-state index in [9.17, 15) is 9.59 Å². The minimum atomic E-state index is -0.0444. The molecule has 5 nitrogen and oxygen atoms in total. The first-order valence-electron chi connectivity index (χ1n) is 4.88. The first-order chi connectivity index (χ1) is 6.63. The maximum atomic E-state index is 11.3. The molecule has 0 aromatic carbocycles. The van der Waals surface area contributed by atoms with Crippen LogP contribution in [-0.2, 0) is 9.59 Å². The Hall–Kier alpha value is -1.10. The van der Waals surface area contributed by atoms with Crippen molar-refractivity contribution in [3.8, 4) is 0 Å². The fraction of sp³-hybridized carbons (Fsp3) is 0.778. The van der Waals surface area contributed by atoms with Crippen molar-refractivity contribution in [3.63, 3.8) is 0 Å². The van der Waals surface area contributed by atoms with Crippen LogP contribution >= 0.6 is 0 Å². The van der Waals surface area contributed by atoms with E-state index < -0.39 is 0 Å². The average Bonchev–Trinajstić information content (AvgIpc) is 2.16. The molecule has 1 aliphatic rings. The van der Waals surface area contributed by atoms with Crippen LogP contribution in [0.2, 0.25) is 0 Å². The molecule has 3 N–H and O–H groups in total. The summed E-state index contributed by atoms with van der Waals surface area (Å²) in [5.41, 5.74) is 5.27. The number of hydrogen-bond donors (Lipinski definition) is 2. The van der Waals surface area contributed by atoms with Crippen molar-refractivity contribution in [1.82, 2.24) is 10.2 Å². The predicted octanol–water partition coefficient (Wildman–Crippen LogP) is -0.928. The summed E-state index contributed by atoms with van der Waals surface area (Å²) >= 11 is 0. The summed E-state index contributed by atoms with van der Waals surface area (Å²) < 4.78 is 0. The Labute approximate surface area is 83.6 Å². The molecule has 1 aliphatic heterocycles. The highest BCUT2D eigenvalue weighted by Gasteiger charge is 2.22. The molecule has 1 atom stereocenters. The van der Waals surface area contributed by atoms with Crippen LogP contribution in [0, 0.1) is 0 Å². The number of nitrogens with one attached hydrogen (secondary N) is 1. The Morgan fingerprint density at radius 2 is 2.29 bits per heavy atom. The molecule has 0 saturated carbocycles.